The summed E-state index contributed by atoms with van der Waals surface area (Å²) in [4.78, 5) is 11.5. The summed E-state index contributed by atoms with van der Waals surface area (Å²) < 4.78 is 41.7. The van der Waals surface area contributed by atoms with E-state index in [9.17, 15) is 18.0 Å². The van der Waals surface area contributed by atoms with E-state index >= 15 is 0 Å². The standard InChI is InChI=1S/C13H13F3N4O2/c1-20-8-17-19-12(20)9-3-2-4-10(5-9)18-11(21)6-22-7-13(14,15)16/h2-5,8H,6-7H2,1H3,(H,18,21). The van der Waals surface area contributed by atoms with Crippen LogP contribution < -0.4 is 5.32 Å². The van der Waals surface area contributed by atoms with Gasteiger partial charge in [-0.1, -0.05) is 12.1 Å². The maximum atomic E-state index is 11.9. The first-order valence-corrected chi connectivity index (χ1v) is 6.24. The number of rotatable bonds is 5. The molecular weight excluding hydrogens is 301 g/mol. The molecule has 1 heterocycles. The number of hydrogen-bond acceptors (Lipinski definition) is 4. The highest BCUT2D eigenvalue weighted by molar-refractivity contribution is 5.92. The zero-order valence-corrected chi connectivity index (χ0v) is 11.6. The lowest BCUT2D eigenvalue weighted by Gasteiger charge is -2.09. The van der Waals surface area contributed by atoms with Crippen molar-refractivity contribution in [2.75, 3.05) is 18.5 Å². The lowest BCUT2D eigenvalue weighted by atomic mass is 10.2. The van der Waals surface area contributed by atoms with Crippen LogP contribution in [-0.2, 0) is 16.6 Å². The number of benzene rings is 1. The first kappa shape index (κ1) is 16.0. The van der Waals surface area contributed by atoms with E-state index < -0.39 is 25.3 Å². The molecule has 9 heteroatoms. The first-order chi connectivity index (χ1) is 10.3. The molecule has 2 aromatic rings. The number of halogens is 3. The predicted octanol–water partition coefficient (Wildman–Crippen LogP) is 2.00. The molecule has 0 atom stereocenters. The number of carbonyl (C=O) groups is 1. The SMILES string of the molecule is Cn1cnnc1-c1cccc(NC(=O)COCC(F)(F)F)c1. The van der Waals surface area contributed by atoms with Gasteiger partial charge in [-0.05, 0) is 12.1 Å². The number of nitrogens with zero attached hydrogens (tertiary/aromatic N) is 3. The number of carbonyl (C=O) groups excluding carboxylic acids is 1. The lowest BCUT2D eigenvalue weighted by molar-refractivity contribution is -0.174. The smallest absolute Gasteiger partial charge is 0.362 e. The van der Waals surface area contributed by atoms with Crippen molar-refractivity contribution in [2.45, 2.75) is 6.18 Å². The van der Waals surface area contributed by atoms with E-state index in [-0.39, 0.29) is 0 Å². The Kier molecular flexibility index (Phi) is 4.76. The Labute approximate surface area is 123 Å². The van der Waals surface area contributed by atoms with Gasteiger partial charge in [0.15, 0.2) is 5.82 Å². The lowest BCUT2D eigenvalue weighted by Crippen LogP contribution is -2.23. The van der Waals surface area contributed by atoms with Crippen LogP contribution in [0.3, 0.4) is 0 Å². The van der Waals surface area contributed by atoms with E-state index in [0.717, 1.165) is 0 Å². The van der Waals surface area contributed by atoms with E-state index in [1.54, 1.807) is 35.9 Å². The maximum absolute atomic E-state index is 11.9. The van der Waals surface area contributed by atoms with Gasteiger partial charge in [0.05, 0.1) is 0 Å². The number of ether oxygens (including phenoxy) is 1. The van der Waals surface area contributed by atoms with Gasteiger partial charge in [0.2, 0.25) is 5.91 Å². The molecule has 1 aromatic carbocycles. The van der Waals surface area contributed by atoms with Crippen LogP contribution in [0, 0.1) is 0 Å². The largest absolute Gasteiger partial charge is 0.411 e. The number of alkyl halides is 3. The van der Waals surface area contributed by atoms with Crippen molar-refractivity contribution in [3.05, 3.63) is 30.6 Å². The summed E-state index contributed by atoms with van der Waals surface area (Å²) in [7, 11) is 1.77. The van der Waals surface area contributed by atoms with Gasteiger partial charge in [-0.15, -0.1) is 10.2 Å². The molecule has 0 spiro atoms. The third-order valence-corrected chi connectivity index (χ3v) is 2.61. The van der Waals surface area contributed by atoms with Crippen molar-refractivity contribution in [3.63, 3.8) is 0 Å². The Bertz CT molecular complexity index is 655. The molecule has 2 rings (SSSR count). The highest BCUT2D eigenvalue weighted by Gasteiger charge is 2.27. The Hall–Kier alpha value is -2.42. The van der Waals surface area contributed by atoms with Crippen molar-refractivity contribution in [2.24, 2.45) is 7.05 Å². The van der Waals surface area contributed by atoms with Crippen molar-refractivity contribution < 1.29 is 22.7 Å². The van der Waals surface area contributed by atoms with E-state index in [1.165, 1.54) is 6.33 Å². The second kappa shape index (κ2) is 6.56. The second-order valence-corrected chi connectivity index (χ2v) is 4.50. The summed E-state index contributed by atoms with van der Waals surface area (Å²) in [5.74, 6) is -0.0659. The van der Waals surface area contributed by atoms with Crippen LogP contribution >= 0.6 is 0 Å². The molecule has 1 amide bonds. The van der Waals surface area contributed by atoms with Crippen LogP contribution in [0.25, 0.3) is 11.4 Å². The highest BCUT2D eigenvalue weighted by Crippen LogP contribution is 2.20. The Morgan fingerprint density at radius 2 is 2.18 bits per heavy atom. The van der Waals surface area contributed by atoms with Gasteiger partial charge in [0, 0.05) is 18.3 Å². The Morgan fingerprint density at radius 3 is 2.82 bits per heavy atom. The molecule has 0 fully saturated rings. The molecule has 0 saturated heterocycles. The second-order valence-electron chi connectivity index (χ2n) is 4.50. The van der Waals surface area contributed by atoms with Crippen molar-refractivity contribution in [1.82, 2.24) is 14.8 Å². The van der Waals surface area contributed by atoms with Crippen LogP contribution in [0.5, 0.6) is 0 Å². The molecule has 6 nitrogen and oxygen atoms in total. The van der Waals surface area contributed by atoms with E-state index in [2.05, 4.69) is 20.3 Å². The maximum Gasteiger partial charge on any atom is 0.411 e. The summed E-state index contributed by atoms with van der Waals surface area (Å²) in [6, 6.07) is 6.73. The number of aromatic nitrogens is 3. The monoisotopic (exact) mass is 314 g/mol. The number of aryl methyl sites for hydroxylation is 1. The average Bonchev–Trinajstić information content (AvgIpc) is 2.83. The third-order valence-electron chi connectivity index (χ3n) is 2.61. The van der Waals surface area contributed by atoms with Gasteiger partial charge >= 0.3 is 6.18 Å². The van der Waals surface area contributed by atoms with Gasteiger partial charge in [-0.25, -0.2) is 0 Å². The third kappa shape index (κ3) is 4.55. The fourth-order valence-electron chi connectivity index (χ4n) is 1.74. The zero-order valence-electron chi connectivity index (χ0n) is 11.6. The van der Waals surface area contributed by atoms with Gasteiger partial charge in [0.1, 0.15) is 19.5 Å². The summed E-state index contributed by atoms with van der Waals surface area (Å²) in [5.41, 5.74) is 1.15. The summed E-state index contributed by atoms with van der Waals surface area (Å²) in [5, 5.41) is 10.1. The molecule has 0 saturated carbocycles. The molecule has 0 unspecified atom stereocenters. The van der Waals surface area contributed by atoms with Gasteiger partial charge in [0.25, 0.3) is 0 Å². The van der Waals surface area contributed by atoms with Crippen LogP contribution in [0.1, 0.15) is 0 Å². The van der Waals surface area contributed by atoms with Gasteiger partial charge in [-0.2, -0.15) is 13.2 Å². The molecule has 0 aliphatic rings. The molecule has 0 radical (unpaired) electrons. The summed E-state index contributed by atoms with van der Waals surface area (Å²) in [6.07, 6.45) is -2.92. The quantitative estimate of drug-likeness (QED) is 0.916. The van der Waals surface area contributed by atoms with E-state index in [1.807, 2.05) is 0 Å². The highest BCUT2D eigenvalue weighted by atomic mass is 19.4. The molecule has 22 heavy (non-hydrogen) atoms. The molecular formula is C13H13F3N4O2. The van der Waals surface area contributed by atoms with E-state index in [0.29, 0.717) is 17.1 Å². The van der Waals surface area contributed by atoms with Crippen molar-refractivity contribution >= 4 is 11.6 Å². The minimum Gasteiger partial charge on any atom is -0.362 e. The van der Waals surface area contributed by atoms with Crippen LogP contribution in [0.15, 0.2) is 30.6 Å². The van der Waals surface area contributed by atoms with Crippen molar-refractivity contribution in [3.8, 4) is 11.4 Å². The molecule has 0 aliphatic carbocycles. The summed E-state index contributed by atoms with van der Waals surface area (Å²) >= 11 is 0. The number of anilines is 1. The minimum atomic E-state index is -4.45. The van der Waals surface area contributed by atoms with Crippen molar-refractivity contribution in [1.29, 1.82) is 0 Å². The normalized spacial score (nSPS) is 11.5. The molecule has 118 valence electrons. The van der Waals surface area contributed by atoms with Crippen LogP contribution in [-0.4, -0.2) is 40.1 Å². The van der Waals surface area contributed by atoms with Crippen LogP contribution in [0.2, 0.25) is 0 Å². The topological polar surface area (TPSA) is 69.0 Å². The number of nitrogens with one attached hydrogen (secondary N) is 1. The number of hydrogen-bond donors (Lipinski definition) is 1. The molecule has 1 N–H and O–H groups in total. The fraction of sp³-hybridized carbons (Fsp3) is 0.308. The Morgan fingerprint density at radius 1 is 1.41 bits per heavy atom. The Balaban J connectivity index is 1.96. The van der Waals surface area contributed by atoms with Crippen LogP contribution in [0.4, 0.5) is 18.9 Å². The predicted molar refractivity (Wildman–Crippen MR) is 71.9 cm³/mol. The zero-order chi connectivity index (χ0) is 16.2. The molecule has 0 aliphatic heterocycles. The van der Waals surface area contributed by atoms with Gasteiger partial charge < -0.3 is 14.6 Å². The first-order valence-electron chi connectivity index (χ1n) is 6.24. The fourth-order valence-corrected chi connectivity index (χ4v) is 1.74. The van der Waals surface area contributed by atoms with E-state index in [4.69, 9.17) is 0 Å². The minimum absolute atomic E-state index is 0.432. The van der Waals surface area contributed by atoms with Gasteiger partial charge in [-0.3, -0.25) is 4.79 Å². The average molecular weight is 314 g/mol. The molecule has 0 bridgehead atoms. The summed E-state index contributed by atoms with van der Waals surface area (Å²) in [6.45, 7) is -2.13. The number of amides is 1. The molecule has 1 aromatic heterocycles.